The van der Waals surface area contributed by atoms with E-state index in [1.54, 1.807) is 13.1 Å². The molecule has 6 nitrogen and oxygen atoms in total. The van der Waals surface area contributed by atoms with Gasteiger partial charge in [-0.05, 0) is 6.92 Å². The summed E-state index contributed by atoms with van der Waals surface area (Å²) in [6, 6.07) is -1.18. The number of rotatable bonds is 5. The number of amides is 1. The van der Waals surface area contributed by atoms with Crippen LogP contribution in [-0.4, -0.2) is 34.2 Å². The number of carbonyl (C=O) groups is 2. The maximum atomic E-state index is 11.2. The van der Waals surface area contributed by atoms with E-state index < -0.39 is 12.1 Å². The Morgan fingerprint density at radius 2 is 2.53 bits per heavy atom. The first-order chi connectivity index (χ1) is 7.13. The fourth-order valence-corrected chi connectivity index (χ4v) is 1.08. The van der Waals surface area contributed by atoms with Crippen molar-refractivity contribution < 1.29 is 9.59 Å². The first-order valence-corrected chi connectivity index (χ1v) is 4.62. The molecular formula is C9H14N4O2. The van der Waals surface area contributed by atoms with Gasteiger partial charge >= 0.3 is 0 Å². The molecule has 0 radical (unpaired) electrons. The Morgan fingerprint density at radius 1 is 1.80 bits per heavy atom. The molecule has 6 heteroatoms. The van der Waals surface area contributed by atoms with Crippen molar-refractivity contribution >= 4 is 12.2 Å². The summed E-state index contributed by atoms with van der Waals surface area (Å²) in [4.78, 5) is 28.6. The molecular weight excluding hydrogens is 196 g/mol. The van der Waals surface area contributed by atoms with Crippen LogP contribution in [-0.2, 0) is 16.0 Å². The summed E-state index contributed by atoms with van der Waals surface area (Å²) in [5, 5.41) is 2.52. The van der Waals surface area contributed by atoms with Gasteiger partial charge in [-0.2, -0.15) is 0 Å². The molecule has 0 bridgehead atoms. The van der Waals surface area contributed by atoms with Crippen LogP contribution in [0, 0.1) is 0 Å². The van der Waals surface area contributed by atoms with Gasteiger partial charge in [0.25, 0.3) is 0 Å². The van der Waals surface area contributed by atoms with Crippen molar-refractivity contribution in [1.29, 1.82) is 0 Å². The second kappa shape index (κ2) is 5.26. The lowest BCUT2D eigenvalue weighted by Crippen LogP contribution is -2.45. The van der Waals surface area contributed by atoms with E-state index >= 15 is 0 Å². The highest BCUT2D eigenvalue weighted by atomic mass is 16.2. The number of nitrogens with one attached hydrogen (secondary N) is 2. The van der Waals surface area contributed by atoms with Crippen molar-refractivity contribution in [2.45, 2.75) is 25.4 Å². The lowest BCUT2D eigenvalue weighted by molar-refractivity contribution is -0.124. The third-order valence-corrected chi connectivity index (χ3v) is 1.90. The summed E-state index contributed by atoms with van der Waals surface area (Å²) in [7, 11) is 0. The molecule has 0 aliphatic carbocycles. The van der Waals surface area contributed by atoms with Gasteiger partial charge in [-0.25, -0.2) is 4.98 Å². The van der Waals surface area contributed by atoms with E-state index in [-0.39, 0.29) is 5.91 Å². The van der Waals surface area contributed by atoms with Crippen molar-refractivity contribution in [3.63, 3.8) is 0 Å². The van der Waals surface area contributed by atoms with E-state index in [2.05, 4.69) is 15.3 Å². The number of nitrogens with zero attached hydrogens (tertiary/aromatic N) is 1. The highest BCUT2D eigenvalue weighted by molar-refractivity contribution is 5.83. The van der Waals surface area contributed by atoms with Gasteiger partial charge in [0.15, 0.2) is 0 Å². The van der Waals surface area contributed by atoms with E-state index in [1.165, 1.54) is 6.33 Å². The molecule has 0 fully saturated rings. The summed E-state index contributed by atoms with van der Waals surface area (Å²) in [5.74, 6) is -0.341. The van der Waals surface area contributed by atoms with E-state index in [0.717, 1.165) is 5.69 Å². The van der Waals surface area contributed by atoms with Crippen molar-refractivity contribution in [3.8, 4) is 0 Å². The molecule has 82 valence electrons. The first-order valence-electron chi connectivity index (χ1n) is 4.62. The fraction of sp³-hybridized carbons (Fsp3) is 0.444. The maximum Gasteiger partial charge on any atom is 0.237 e. The molecule has 1 rings (SSSR count). The van der Waals surface area contributed by atoms with Crippen LogP contribution in [0.3, 0.4) is 0 Å². The van der Waals surface area contributed by atoms with Crippen LogP contribution >= 0.6 is 0 Å². The Morgan fingerprint density at radius 3 is 3.00 bits per heavy atom. The van der Waals surface area contributed by atoms with Crippen LogP contribution in [0.5, 0.6) is 0 Å². The van der Waals surface area contributed by atoms with Crippen LogP contribution in [0.1, 0.15) is 12.6 Å². The molecule has 1 heterocycles. The van der Waals surface area contributed by atoms with Gasteiger partial charge in [-0.1, -0.05) is 0 Å². The predicted octanol–water partition coefficient (Wildman–Crippen LogP) is -1.02. The van der Waals surface area contributed by atoms with Gasteiger partial charge in [-0.3, -0.25) is 4.79 Å². The maximum absolute atomic E-state index is 11.2. The van der Waals surface area contributed by atoms with E-state index in [0.29, 0.717) is 12.7 Å². The Labute approximate surface area is 87.3 Å². The van der Waals surface area contributed by atoms with Gasteiger partial charge in [0.1, 0.15) is 6.29 Å². The fourth-order valence-electron chi connectivity index (χ4n) is 1.08. The average Bonchev–Trinajstić information content (AvgIpc) is 2.69. The third kappa shape index (κ3) is 3.51. The number of hydrogen-bond donors (Lipinski definition) is 3. The number of hydrogen-bond acceptors (Lipinski definition) is 4. The molecule has 1 aromatic rings. The van der Waals surface area contributed by atoms with Crippen LogP contribution in [0.4, 0.5) is 0 Å². The summed E-state index contributed by atoms with van der Waals surface area (Å²) >= 11 is 0. The smallest absolute Gasteiger partial charge is 0.237 e. The number of aromatic amines is 1. The molecule has 0 saturated heterocycles. The zero-order chi connectivity index (χ0) is 11.3. The minimum absolute atomic E-state index is 0.341. The first kappa shape index (κ1) is 11.4. The monoisotopic (exact) mass is 210 g/mol. The molecule has 0 aliphatic rings. The molecule has 0 spiro atoms. The standard InChI is InChI=1S/C9H14N4O2/c1-6(10)9(15)13-8(4-14)2-7-3-11-5-12-7/h3-6,8H,2,10H2,1H3,(H,11,12)(H,13,15)/t6?,8-/m0/s1. The Bertz CT molecular complexity index is 321. The highest BCUT2D eigenvalue weighted by Crippen LogP contribution is 1.96. The number of aromatic nitrogens is 2. The summed E-state index contributed by atoms with van der Waals surface area (Å²) < 4.78 is 0. The van der Waals surface area contributed by atoms with Crippen molar-refractivity contribution in [2.75, 3.05) is 0 Å². The van der Waals surface area contributed by atoms with Crippen LogP contribution < -0.4 is 11.1 Å². The van der Waals surface area contributed by atoms with Crippen molar-refractivity contribution in [3.05, 3.63) is 18.2 Å². The molecule has 1 aromatic heterocycles. The molecule has 0 saturated carbocycles. The Balaban J connectivity index is 2.50. The number of aldehydes is 1. The average molecular weight is 210 g/mol. The number of imidazole rings is 1. The molecule has 15 heavy (non-hydrogen) atoms. The van der Waals surface area contributed by atoms with Gasteiger partial charge in [0.05, 0.1) is 18.4 Å². The number of H-pyrrole nitrogens is 1. The predicted molar refractivity (Wildman–Crippen MR) is 53.9 cm³/mol. The second-order valence-corrected chi connectivity index (χ2v) is 3.32. The molecule has 1 unspecified atom stereocenters. The largest absolute Gasteiger partial charge is 0.348 e. The molecule has 0 aromatic carbocycles. The Hall–Kier alpha value is -1.69. The lowest BCUT2D eigenvalue weighted by atomic mass is 10.2. The van der Waals surface area contributed by atoms with Gasteiger partial charge < -0.3 is 20.8 Å². The SMILES string of the molecule is CC(N)C(=O)N[C@H](C=O)Cc1cnc[nH]1. The summed E-state index contributed by atoms with van der Waals surface area (Å²) in [6.07, 6.45) is 4.20. The third-order valence-electron chi connectivity index (χ3n) is 1.90. The molecule has 4 N–H and O–H groups in total. The van der Waals surface area contributed by atoms with Crippen LogP contribution in [0.25, 0.3) is 0 Å². The molecule has 2 atom stereocenters. The van der Waals surface area contributed by atoms with Crippen molar-refractivity contribution in [2.24, 2.45) is 5.73 Å². The zero-order valence-corrected chi connectivity index (χ0v) is 8.43. The minimum atomic E-state index is -0.616. The van der Waals surface area contributed by atoms with E-state index in [1.807, 2.05) is 0 Å². The molecule has 1 amide bonds. The number of nitrogens with two attached hydrogens (primary N) is 1. The van der Waals surface area contributed by atoms with Crippen molar-refractivity contribution in [1.82, 2.24) is 15.3 Å². The number of carbonyl (C=O) groups excluding carboxylic acids is 2. The topological polar surface area (TPSA) is 101 Å². The van der Waals surface area contributed by atoms with Crippen LogP contribution in [0.2, 0.25) is 0 Å². The second-order valence-electron chi connectivity index (χ2n) is 3.32. The normalized spacial score (nSPS) is 14.3. The Kier molecular flexibility index (Phi) is 3.99. The van der Waals surface area contributed by atoms with E-state index in [4.69, 9.17) is 5.73 Å². The summed E-state index contributed by atoms with van der Waals surface area (Å²) in [6.45, 7) is 1.56. The van der Waals surface area contributed by atoms with E-state index in [9.17, 15) is 9.59 Å². The summed E-state index contributed by atoms with van der Waals surface area (Å²) in [5.41, 5.74) is 6.15. The van der Waals surface area contributed by atoms with Gasteiger partial charge in [0.2, 0.25) is 5.91 Å². The minimum Gasteiger partial charge on any atom is -0.348 e. The van der Waals surface area contributed by atoms with Crippen LogP contribution in [0.15, 0.2) is 12.5 Å². The lowest BCUT2D eigenvalue weighted by Gasteiger charge is -2.13. The highest BCUT2D eigenvalue weighted by Gasteiger charge is 2.14. The zero-order valence-electron chi connectivity index (χ0n) is 8.43. The van der Waals surface area contributed by atoms with Gasteiger partial charge in [-0.15, -0.1) is 0 Å². The molecule has 0 aliphatic heterocycles. The van der Waals surface area contributed by atoms with Gasteiger partial charge in [0, 0.05) is 18.3 Å². The quantitative estimate of drug-likeness (QED) is 0.541.